The molecule has 0 heterocycles. The summed E-state index contributed by atoms with van der Waals surface area (Å²) >= 11 is 0. The van der Waals surface area contributed by atoms with Crippen molar-refractivity contribution in [3.05, 3.63) is 0 Å². The van der Waals surface area contributed by atoms with Gasteiger partial charge in [0.1, 0.15) is 0 Å². The van der Waals surface area contributed by atoms with Crippen LogP contribution in [0.2, 0.25) is 0 Å². The zero-order chi connectivity index (χ0) is 17.4. The van der Waals surface area contributed by atoms with Crippen molar-refractivity contribution in [2.24, 2.45) is 0 Å². The second-order valence-corrected chi connectivity index (χ2v) is 7.57. The van der Waals surface area contributed by atoms with Crippen LogP contribution in [0.3, 0.4) is 0 Å². The van der Waals surface area contributed by atoms with Crippen LogP contribution >= 0.6 is 0 Å². The van der Waals surface area contributed by atoms with E-state index in [0.717, 1.165) is 17.4 Å². The Hall–Kier alpha value is -0.570. The molecule has 0 saturated carbocycles. The van der Waals surface area contributed by atoms with Crippen LogP contribution in [0, 0.1) is 0 Å². The molecule has 0 unspecified atom stereocenters. The van der Waals surface area contributed by atoms with Gasteiger partial charge in [-0.3, -0.25) is 0 Å². The monoisotopic (exact) mass is 328 g/mol. The van der Waals surface area contributed by atoms with Gasteiger partial charge in [-0.2, -0.15) is 0 Å². The molecule has 0 aliphatic rings. The highest BCUT2D eigenvalue weighted by atomic mass is 16.5. The molecule has 0 aromatic carbocycles. The lowest BCUT2D eigenvalue weighted by molar-refractivity contribution is -0.883. The third-order valence-corrected chi connectivity index (χ3v) is 4.44. The summed E-state index contributed by atoms with van der Waals surface area (Å²) in [7, 11) is 4.22. The Labute approximate surface area is 145 Å². The summed E-state index contributed by atoms with van der Waals surface area (Å²) in [6.07, 6.45) is 15.4. The molecule has 0 saturated heterocycles. The van der Waals surface area contributed by atoms with Gasteiger partial charge in [0.15, 0.2) is 6.54 Å². The van der Waals surface area contributed by atoms with Gasteiger partial charge in [-0.05, 0) is 12.8 Å². The Bertz CT molecular complexity index is 277. The van der Waals surface area contributed by atoms with E-state index in [9.17, 15) is 4.79 Å². The predicted octanol–water partition coefficient (Wildman–Crippen LogP) is 5.33. The number of carbonyl (C=O) groups excluding carboxylic acids is 1. The maximum absolute atomic E-state index is 11.8. The van der Waals surface area contributed by atoms with Crippen LogP contribution in [0.15, 0.2) is 0 Å². The van der Waals surface area contributed by atoms with Gasteiger partial charge in [-0.15, -0.1) is 0 Å². The van der Waals surface area contributed by atoms with Gasteiger partial charge in [-0.1, -0.05) is 78.1 Å². The fourth-order valence-corrected chi connectivity index (χ4v) is 2.84. The number of carbonyl (C=O) groups is 1. The Morgan fingerprint density at radius 2 is 1.22 bits per heavy atom. The summed E-state index contributed by atoms with van der Waals surface area (Å²) < 4.78 is 6.12. The first-order valence-corrected chi connectivity index (χ1v) is 9.99. The zero-order valence-corrected chi connectivity index (χ0v) is 16.4. The Balaban J connectivity index is 3.38. The van der Waals surface area contributed by atoms with Crippen LogP contribution in [-0.4, -0.2) is 44.2 Å². The molecule has 0 atom stereocenters. The molecule has 0 bridgehead atoms. The minimum Gasteiger partial charge on any atom is -0.462 e. The Morgan fingerprint density at radius 3 is 1.74 bits per heavy atom. The molecule has 0 aliphatic carbocycles. The minimum atomic E-state index is -0.0398. The molecule has 0 aliphatic heterocycles. The van der Waals surface area contributed by atoms with Gasteiger partial charge >= 0.3 is 5.97 Å². The average molecular weight is 329 g/mol. The van der Waals surface area contributed by atoms with E-state index in [-0.39, 0.29) is 5.97 Å². The minimum absolute atomic E-state index is 0.0398. The Morgan fingerprint density at radius 1 is 0.739 bits per heavy atom. The van der Waals surface area contributed by atoms with Crippen molar-refractivity contribution in [1.82, 2.24) is 0 Å². The number of esters is 1. The van der Waals surface area contributed by atoms with Gasteiger partial charge in [0.25, 0.3) is 0 Å². The second kappa shape index (κ2) is 15.0. The van der Waals surface area contributed by atoms with Gasteiger partial charge in [-0.25, -0.2) is 4.79 Å². The SMILES string of the molecule is CCCCCCCCCCCCOC(=O)C[N+](C)(C)CCCC. The van der Waals surface area contributed by atoms with Gasteiger partial charge in [0, 0.05) is 0 Å². The average Bonchev–Trinajstić information content (AvgIpc) is 2.50. The van der Waals surface area contributed by atoms with Crippen LogP contribution in [-0.2, 0) is 9.53 Å². The van der Waals surface area contributed by atoms with Gasteiger partial charge in [0.05, 0.1) is 27.2 Å². The van der Waals surface area contributed by atoms with E-state index in [1.54, 1.807) is 0 Å². The van der Waals surface area contributed by atoms with E-state index >= 15 is 0 Å². The highest BCUT2D eigenvalue weighted by Crippen LogP contribution is 2.10. The van der Waals surface area contributed by atoms with Crippen LogP contribution in [0.4, 0.5) is 0 Å². The van der Waals surface area contributed by atoms with Crippen molar-refractivity contribution in [2.45, 2.75) is 90.9 Å². The predicted molar refractivity (Wildman–Crippen MR) is 99.6 cm³/mol. The quantitative estimate of drug-likeness (QED) is 0.217. The van der Waals surface area contributed by atoms with E-state index in [0.29, 0.717) is 13.2 Å². The molecule has 0 fully saturated rings. The molecule has 23 heavy (non-hydrogen) atoms. The maximum Gasteiger partial charge on any atom is 0.361 e. The van der Waals surface area contributed by atoms with Crippen LogP contribution < -0.4 is 0 Å². The summed E-state index contributed by atoms with van der Waals surface area (Å²) in [4.78, 5) is 11.8. The first-order chi connectivity index (χ1) is 11.0. The molecule has 0 rings (SSSR count). The second-order valence-electron chi connectivity index (χ2n) is 7.57. The number of unbranched alkanes of at least 4 members (excludes halogenated alkanes) is 10. The third kappa shape index (κ3) is 16.1. The molecule has 0 aromatic heterocycles. The van der Waals surface area contributed by atoms with Crippen molar-refractivity contribution in [1.29, 1.82) is 0 Å². The molecule has 0 spiro atoms. The number of rotatable bonds is 16. The molecular formula is C20H42NO2+. The third-order valence-electron chi connectivity index (χ3n) is 4.44. The lowest BCUT2D eigenvalue weighted by Gasteiger charge is -2.28. The van der Waals surface area contributed by atoms with Crippen molar-refractivity contribution in [2.75, 3.05) is 33.8 Å². The molecule has 0 N–H and O–H groups in total. The molecule has 3 heteroatoms. The van der Waals surface area contributed by atoms with E-state index in [1.165, 1.54) is 70.6 Å². The zero-order valence-electron chi connectivity index (χ0n) is 16.4. The number of likely N-dealkylation sites (N-methyl/N-ethyl adjacent to an activating group) is 1. The summed E-state index contributed by atoms with van der Waals surface area (Å²) in [5, 5.41) is 0. The summed E-state index contributed by atoms with van der Waals surface area (Å²) in [5.41, 5.74) is 0. The van der Waals surface area contributed by atoms with E-state index in [1.807, 2.05) is 0 Å². The lowest BCUT2D eigenvalue weighted by atomic mass is 10.1. The van der Waals surface area contributed by atoms with Crippen molar-refractivity contribution < 1.29 is 14.0 Å². The largest absolute Gasteiger partial charge is 0.462 e. The van der Waals surface area contributed by atoms with Crippen molar-refractivity contribution in [3.8, 4) is 0 Å². The summed E-state index contributed by atoms with van der Waals surface area (Å²) in [6.45, 7) is 6.59. The van der Waals surface area contributed by atoms with Crippen molar-refractivity contribution >= 4 is 5.97 Å². The fraction of sp³-hybridized carbons (Fsp3) is 0.950. The maximum atomic E-state index is 11.8. The first kappa shape index (κ1) is 22.4. The molecule has 0 amide bonds. The van der Waals surface area contributed by atoms with E-state index in [2.05, 4.69) is 27.9 Å². The molecule has 0 radical (unpaired) electrons. The fourth-order valence-electron chi connectivity index (χ4n) is 2.84. The topological polar surface area (TPSA) is 26.3 Å². The van der Waals surface area contributed by atoms with Gasteiger partial charge in [0.2, 0.25) is 0 Å². The normalized spacial score (nSPS) is 11.7. The summed E-state index contributed by atoms with van der Waals surface area (Å²) in [5.74, 6) is -0.0398. The smallest absolute Gasteiger partial charge is 0.361 e. The molecule has 3 nitrogen and oxygen atoms in total. The van der Waals surface area contributed by atoms with Gasteiger partial charge < -0.3 is 9.22 Å². The Kier molecular flexibility index (Phi) is 14.6. The number of ether oxygens (including phenoxy) is 1. The van der Waals surface area contributed by atoms with Crippen LogP contribution in [0.1, 0.15) is 90.9 Å². The van der Waals surface area contributed by atoms with Crippen LogP contribution in [0.5, 0.6) is 0 Å². The summed E-state index contributed by atoms with van der Waals surface area (Å²) in [6, 6.07) is 0. The molecule has 0 aromatic rings. The van der Waals surface area contributed by atoms with E-state index < -0.39 is 0 Å². The molecule has 138 valence electrons. The van der Waals surface area contributed by atoms with Crippen molar-refractivity contribution in [3.63, 3.8) is 0 Å². The number of quaternary nitrogens is 1. The number of hydrogen-bond acceptors (Lipinski definition) is 2. The van der Waals surface area contributed by atoms with Crippen LogP contribution in [0.25, 0.3) is 0 Å². The molecular weight excluding hydrogens is 286 g/mol. The van der Waals surface area contributed by atoms with E-state index in [4.69, 9.17) is 4.74 Å². The standard InChI is InChI=1S/C20H42NO2/c1-5-7-9-10-11-12-13-14-15-16-18-23-20(22)19-21(3,4)17-8-6-2/h5-19H2,1-4H3/q+1. The highest BCUT2D eigenvalue weighted by Gasteiger charge is 2.20. The number of hydrogen-bond donors (Lipinski definition) is 0. The number of nitrogens with zero attached hydrogens (tertiary/aromatic N) is 1. The highest BCUT2D eigenvalue weighted by molar-refractivity contribution is 5.70. The lowest BCUT2D eigenvalue weighted by Crippen LogP contribution is -2.45. The first-order valence-electron chi connectivity index (χ1n) is 9.99.